The molecule has 0 saturated carbocycles. The molecule has 0 aliphatic rings. The molecule has 4 nitrogen and oxygen atoms in total. The van der Waals surface area contributed by atoms with Crippen LogP contribution >= 0.6 is 0 Å². The number of benzene rings is 1. The minimum atomic E-state index is 0.727. The molecule has 0 fully saturated rings. The first-order valence-electron chi connectivity index (χ1n) is 7.08. The zero-order valence-electron chi connectivity index (χ0n) is 12.1. The Hall–Kier alpha value is -1.49. The number of aromatic nitrogens is 1. The Bertz CT molecular complexity index is 522. The summed E-state index contributed by atoms with van der Waals surface area (Å²) in [7, 11) is 1.74. The molecule has 2 rings (SSSR count). The molecule has 0 aliphatic heterocycles. The monoisotopic (exact) mass is 273 g/mol. The summed E-state index contributed by atoms with van der Waals surface area (Å²) in [4.78, 5) is 6.73. The van der Waals surface area contributed by atoms with Crippen molar-refractivity contribution < 1.29 is 4.74 Å². The van der Waals surface area contributed by atoms with Crippen molar-refractivity contribution in [3.05, 3.63) is 42.1 Å². The van der Waals surface area contributed by atoms with Crippen LogP contribution in [0.1, 0.15) is 12.0 Å². The molecule has 0 aliphatic carbocycles. The van der Waals surface area contributed by atoms with Crippen molar-refractivity contribution in [3.8, 4) is 0 Å². The third-order valence-electron chi connectivity index (χ3n) is 3.36. The fourth-order valence-electron chi connectivity index (χ4n) is 2.29. The summed E-state index contributed by atoms with van der Waals surface area (Å²) < 4.78 is 5.18. The summed E-state index contributed by atoms with van der Waals surface area (Å²) in [5.41, 5.74) is 7.95. The van der Waals surface area contributed by atoms with Crippen molar-refractivity contribution in [2.45, 2.75) is 13.0 Å². The van der Waals surface area contributed by atoms with Gasteiger partial charge in [-0.25, -0.2) is 0 Å². The first-order valence-corrected chi connectivity index (χ1v) is 7.08. The van der Waals surface area contributed by atoms with Crippen LogP contribution in [0.4, 0.5) is 0 Å². The van der Waals surface area contributed by atoms with Gasteiger partial charge in [-0.15, -0.1) is 0 Å². The lowest BCUT2D eigenvalue weighted by atomic mass is 10.1. The summed E-state index contributed by atoms with van der Waals surface area (Å²) >= 11 is 0. The summed E-state index contributed by atoms with van der Waals surface area (Å²) in [5, 5.41) is 1.19. The molecule has 4 heteroatoms. The van der Waals surface area contributed by atoms with Crippen LogP contribution in [-0.2, 0) is 11.3 Å². The van der Waals surface area contributed by atoms with Crippen LogP contribution in [-0.4, -0.2) is 43.2 Å². The lowest BCUT2D eigenvalue weighted by Crippen LogP contribution is -2.29. The first kappa shape index (κ1) is 14.9. The Balaban J connectivity index is 2.06. The molecule has 0 unspecified atom stereocenters. The van der Waals surface area contributed by atoms with E-state index < -0.39 is 0 Å². The van der Waals surface area contributed by atoms with Crippen LogP contribution in [0.5, 0.6) is 0 Å². The van der Waals surface area contributed by atoms with Crippen molar-refractivity contribution in [1.82, 2.24) is 9.88 Å². The van der Waals surface area contributed by atoms with Gasteiger partial charge >= 0.3 is 0 Å². The van der Waals surface area contributed by atoms with Crippen LogP contribution in [0.2, 0.25) is 0 Å². The predicted molar refractivity (Wildman–Crippen MR) is 82.6 cm³/mol. The number of fused-ring (bicyclic) bond motifs is 1. The topological polar surface area (TPSA) is 51.4 Å². The van der Waals surface area contributed by atoms with E-state index in [4.69, 9.17) is 10.5 Å². The fraction of sp³-hybridized carbons (Fsp3) is 0.438. The first-order chi connectivity index (χ1) is 9.83. The van der Waals surface area contributed by atoms with Gasteiger partial charge in [0.1, 0.15) is 0 Å². The molecule has 108 valence electrons. The number of nitrogens with zero attached hydrogens (tertiary/aromatic N) is 2. The molecular formula is C16H23N3O. The molecule has 0 spiro atoms. The summed E-state index contributed by atoms with van der Waals surface area (Å²) in [6.45, 7) is 4.34. The molecule has 0 radical (unpaired) electrons. The lowest BCUT2D eigenvalue weighted by Gasteiger charge is -2.22. The molecule has 1 heterocycles. The molecular weight excluding hydrogens is 250 g/mol. The maximum absolute atomic E-state index is 5.61. The summed E-state index contributed by atoms with van der Waals surface area (Å²) in [6, 6.07) is 10.5. The van der Waals surface area contributed by atoms with Crippen LogP contribution in [0.25, 0.3) is 10.9 Å². The zero-order chi connectivity index (χ0) is 14.2. The number of methoxy groups -OCH3 is 1. The van der Waals surface area contributed by atoms with Crippen LogP contribution in [0.15, 0.2) is 36.5 Å². The number of ether oxygens (including phenoxy) is 1. The van der Waals surface area contributed by atoms with Gasteiger partial charge in [0, 0.05) is 31.8 Å². The van der Waals surface area contributed by atoms with Crippen LogP contribution in [0, 0.1) is 0 Å². The van der Waals surface area contributed by atoms with Gasteiger partial charge < -0.3 is 10.5 Å². The highest BCUT2D eigenvalue weighted by molar-refractivity contribution is 5.78. The van der Waals surface area contributed by atoms with E-state index in [9.17, 15) is 0 Å². The van der Waals surface area contributed by atoms with E-state index in [0.717, 1.165) is 44.7 Å². The highest BCUT2D eigenvalue weighted by atomic mass is 16.5. The maximum atomic E-state index is 5.61. The standard InChI is InChI=1S/C16H23N3O/c1-20-11-10-19(9-3-7-17)13-14-5-6-16-15(12-14)4-2-8-18-16/h2,4-6,8,12H,3,7,9-11,13,17H2,1H3. The largest absolute Gasteiger partial charge is 0.383 e. The van der Waals surface area contributed by atoms with E-state index in [1.165, 1.54) is 10.9 Å². The number of pyridine rings is 1. The van der Waals surface area contributed by atoms with Crippen LogP contribution in [0.3, 0.4) is 0 Å². The molecule has 1 aromatic carbocycles. The van der Waals surface area contributed by atoms with Gasteiger partial charge in [0.2, 0.25) is 0 Å². The normalized spacial score (nSPS) is 11.3. The van der Waals surface area contributed by atoms with Crippen molar-refractivity contribution >= 4 is 10.9 Å². The summed E-state index contributed by atoms with van der Waals surface area (Å²) in [6.07, 6.45) is 2.84. The van der Waals surface area contributed by atoms with E-state index in [2.05, 4.69) is 34.1 Å². The van der Waals surface area contributed by atoms with Gasteiger partial charge in [0.15, 0.2) is 0 Å². The van der Waals surface area contributed by atoms with E-state index in [-0.39, 0.29) is 0 Å². The highest BCUT2D eigenvalue weighted by Gasteiger charge is 2.06. The van der Waals surface area contributed by atoms with E-state index in [1.54, 1.807) is 7.11 Å². The quantitative estimate of drug-likeness (QED) is 0.799. The lowest BCUT2D eigenvalue weighted by molar-refractivity contribution is 0.143. The third kappa shape index (κ3) is 4.27. The average Bonchev–Trinajstić information content (AvgIpc) is 2.50. The van der Waals surface area contributed by atoms with Gasteiger partial charge in [0.25, 0.3) is 0 Å². The van der Waals surface area contributed by atoms with Gasteiger partial charge in [-0.2, -0.15) is 0 Å². The minimum Gasteiger partial charge on any atom is -0.383 e. The van der Waals surface area contributed by atoms with Gasteiger partial charge in [-0.1, -0.05) is 12.1 Å². The Morgan fingerprint density at radius 3 is 2.95 bits per heavy atom. The molecule has 20 heavy (non-hydrogen) atoms. The van der Waals surface area contributed by atoms with Crippen LogP contribution < -0.4 is 5.73 Å². The van der Waals surface area contributed by atoms with Crippen molar-refractivity contribution in [3.63, 3.8) is 0 Å². The van der Waals surface area contributed by atoms with Crippen molar-refractivity contribution in [2.24, 2.45) is 5.73 Å². The zero-order valence-corrected chi connectivity index (χ0v) is 12.1. The molecule has 0 bridgehead atoms. The van der Waals surface area contributed by atoms with E-state index >= 15 is 0 Å². The minimum absolute atomic E-state index is 0.727. The Morgan fingerprint density at radius 1 is 1.25 bits per heavy atom. The number of rotatable bonds is 8. The third-order valence-corrected chi connectivity index (χ3v) is 3.36. The molecule has 2 aromatic rings. The molecule has 2 N–H and O–H groups in total. The van der Waals surface area contributed by atoms with Gasteiger partial charge in [-0.05, 0) is 43.3 Å². The smallest absolute Gasteiger partial charge is 0.0702 e. The second-order valence-corrected chi connectivity index (χ2v) is 4.94. The van der Waals surface area contributed by atoms with Crippen molar-refractivity contribution in [1.29, 1.82) is 0 Å². The number of hydrogen-bond donors (Lipinski definition) is 1. The van der Waals surface area contributed by atoms with Gasteiger partial charge in [0.05, 0.1) is 12.1 Å². The predicted octanol–water partition coefficient (Wildman–Crippen LogP) is 2.03. The van der Waals surface area contributed by atoms with E-state index in [1.807, 2.05) is 12.3 Å². The van der Waals surface area contributed by atoms with Gasteiger partial charge in [-0.3, -0.25) is 9.88 Å². The average molecular weight is 273 g/mol. The Labute approximate surface area is 120 Å². The molecule has 0 amide bonds. The number of nitrogens with two attached hydrogens (primary N) is 1. The van der Waals surface area contributed by atoms with Crippen molar-refractivity contribution in [2.75, 3.05) is 33.4 Å². The Kier molecular flexibility index (Phi) is 5.92. The second kappa shape index (κ2) is 7.94. The number of hydrogen-bond acceptors (Lipinski definition) is 4. The molecule has 1 aromatic heterocycles. The molecule has 0 saturated heterocycles. The fourth-order valence-corrected chi connectivity index (χ4v) is 2.29. The maximum Gasteiger partial charge on any atom is 0.0702 e. The Morgan fingerprint density at radius 2 is 2.15 bits per heavy atom. The summed E-state index contributed by atoms with van der Waals surface area (Å²) in [5.74, 6) is 0. The van der Waals surface area contributed by atoms with E-state index in [0.29, 0.717) is 0 Å². The molecule has 0 atom stereocenters. The second-order valence-electron chi connectivity index (χ2n) is 4.94. The SMILES string of the molecule is COCCN(CCCN)Cc1ccc2ncccc2c1. The highest BCUT2D eigenvalue weighted by Crippen LogP contribution is 2.15.